The molecule has 2 aliphatic rings. The molecule has 1 heterocycles. The molecular formula is C12H20N2O5S. The van der Waals surface area contributed by atoms with E-state index >= 15 is 0 Å². The first-order valence-corrected chi connectivity index (χ1v) is 8.38. The van der Waals surface area contributed by atoms with Crippen molar-refractivity contribution in [2.75, 3.05) is 13.1 Å². The predicted octanol–water partition coefficient (Wildman–Crippen LogP) is -0.220. The van der Waals surface area contributed by atoms with Crippen LogP contribution < -0.4 is 4.72 Å². The second-order valence-electron chi connectivity index (χ2n) is 5.52. The third-order valence-corrected chi connectivity index (χ3v) is 5.67. The van der Waals surface area contributed by atoms with Gasteiger partial charge in [-0.05, 0) is 32.6 Å². The molecule has 7 nitrogen and oxygen atoms in total. The molecule has 2 rings (SSSR count). The minimum absolute atomic E-state index is 0.171. The zero-order valence-electron chi connectivity index (χ0n) is 11.4. The number of carbonyl (C=O) groups excluding carboxylic acids is 1. The van der Waals surface area contributed by atoms with Crippen LogP contribution in [0.4, 0.5) is 0 Å². The maximum atomic E-state index is 11.9. The summed E-state index contributed by atoms with van der Waals surface area (Å²) in [6.07, 6.45) is 2.98. The highest BCUT2D eigenvalue weighted by Crippen LogP contribution is 2.31. The lowest BCUT2D eigenvalue weighted by Gasteiger charge is -2.32. The van der Waals surface area contributed by atoms with Crippen molar-refractivity contribution in [3.63, 3.8) is 0 Å². The zero-order chi connectivity index (χ0) is 14.9. The molecule has 114 valence electrons. The Kier molecular flexibility index (Phi) is 4.33. The minimum atomic E-state index is -3.85. The fourth-order valence-corrected chi connectivity index (χ4v) is 3.44. The molecule has 0 spiro atoms. The van der Waals surface area contributed by atoms with Gasteiger partial charge in [0.05, 0.1) is 0 Å². The third-order valence-electron chi connectivity index (χ3n) is 3.88. The van der Waals surface area contributed by atoms with E-state index in [-0.39, 0.29) is 17.9 Å². The van der Waals surface area contributed by atoms with Crippen LogP contribution in [-0.2, 0) is 19.6 Å². The Hall–Kier alpha value is -1.15. The van der Waals surface area contributed by atoms with Crippen molar-refractivity contribution < 1.29 is 23.1 Å². The highest BCUT2D eigenvalue weighted by Gasteiger charge is 2.36. The van der Waals surface area contributed by atoms with Gasteiger partial charge in [0.25, 0.3) is 0 Å². The van der Waals surface area contributed by atoms with Crippen molar-refractivity contribution in [2.45, 2.75) is 43.9 Å². The first-order chi connectivity index (χ1) is 9.31. The molecule has 0 aromatic carbocycles. The summed E-state index contributed by atoms with van der Waals surface area (Å²) in [5.41, 5.74) is 0. The van der Waals surface area contributed by atoms with E-state index in [0.29, 0.717) is 25.9 Å². The SMILES string of the molecule is CC(C(=O)O)S(=O)(=O)NC1CCN(C(=O)C2CC2)CC1. The summed E-state index contributed by atoms with van der Waals surface area (Å²) in [6.45, 7) is 2.21. The number of rotatable bonds is 5. The number of hydrogen-bond acceptors (Lipinski definition) is 4. The van der Waals surface area contributed by atoms with Crippen LogP contribution in [-0.4, -0.2) is 54.7 Å². The number of carbonyl (C=O) groups is 2. The van der Waals surface area contributed by atoms with Gasteiger partial charge in [0.15, 0.2) is 5.25 Å². The van der Waals surface area contributed by atoms with Crippen molar-refractivity contribution in [1.29, 1.82) is 0 Å². The molecule has 2 N–H and O–H groups in total. The molecule has 0 radical (unpaired) electrons. The minimum Gasteiger partial charge on any atom is -0.480 e. The summed E-state index contributed by atoms with van der Waals surface area (Å²) < 4.78 is 26.0. The molecular weight excluding hydrogens is 284 g/mol. The summed E-state index contributed by atoms with van der Waals surface area (Å²) in [7, 11) is -3.85. The van der Waals surface area contributed by atoms with Gasteiger partial charge in [0.2, 0.25) is 15.9 Å². The summed E-state index contributed by atoms with van der Waals surface area (Å²) in [4.78, 5) is 24.4. The molecule has 20 heavy (non-hydrogen) atoms. The average molecular weight is 304 g/mol. The molecule has 8 heteroatoms. The summed E-state index contributed by atoms with van der Waals surface area (Å²) >= 11 is 0. The number of piperidine rings is 1. The van der Waals surface area contributed by atoms with Gasteiger partial charge in [-0.25, -0.2) is 13.1 Å². The van der Waals surface area contributed by atoms with Crippen LogP contribution in [0.25, 0.3) is 0 Å². The van der Waals surface area contributed by atoms with Crippen LogP contribution in [0.15, 0.2) is 0 Å². The molecule has 0 aromatic heterocycles. The van der Waals surface area contributed by atoms with Gasteiger partial charge in [-0.3, -0.25) is 9.59 Å². The van der Waals surface area contributed by atoms with E-state index in [4.69, 9.17) is 5.11 Å². The maximum Gasteiger partial charge on any atom is 0.323 e. The number of likely N-dealkylation sites (tertiary alicyclic amines) is 1. The van der Waals surface area contributed by atoms with Gasteiger partial charge in [-0.2, -0.15) is 0 Å². The molecule has 1 unspecified atom stereocenters. The van der Waals surface area contributed by atoms with Crippen LogP contribution in [0.1, 0.15) is 32.6 Å². The molecule has 1 amide bonds. The number of nitrogens with one attached hydrogen (secondary N) is 1. The first kappa shape index (κ1) is 15.2. The molecule has 1 saturated heterocycles. The highest BCUT2D eigenvalue weighted by atomic mass is 32.2. The zero-order valence-corrected chi connectivity index (χ0v) is 12.2. The van der Waals surface area contributed by atoms with Gasteiger partial charge in [0, 0.05) is 25.0 Å². The normalized spacial score (nSPS) is 22.6. The summed E-state index contributed by atoms with van der Waals surface area (Å²) in [5, 5.41) is 7.29. The van der Waals surface area contributed by atoms with Crippen molar-refractivity contribution in [3.05, 3.63) is 0 Å². The van der Waals surface area contributed by atoms with Crippen LogP contribution in [0, 0.1) is 5.92 Å². The smallest absolute Gasteiger partial charge is 0.323 e. The molecule has 2 fully saturated rings. The fourth-order valence-electron chi connectivity index (χ4n) is 2.27. The van der Waals surface area contributed by atoms with Gasteiger partial charge in [-0.1, -0.05) is 0 Å². The van der Waals surface area contributed by atoms with Crippen molar-refractivity contribution in [1.82, 2.24) is 9.62 Å². The van der Waals surface area contributed by atoms with Gasteiger partial charge >= 0.3 is 5.97 Å². The molecule has 1 atom stereocenters. The van der Waals surface area contributed by atoms with Gasteiger partial charge in [-0.15, -0.1) is 0 Å². The lowest BCUT2D eigenvalue weighted by Crippen LogP contribution is -2.49. The lowest BCUT2D eigenvalue weighted by molar-refractivity contribution is -0.136. The highest BCUT2D eigenvalue weighted by molar-refractivity contribution is 7.90. The number of carboxylic acid groups (broad SMARTS) is 1. The second-order valence-corrected chi connectivity index (χ2v) is 7.55. The maximum absolute atomic E-state index is 11.9. The fraction of sp³-hybridized carbons (Fsp3) is 0.833. The van der Waals surface area contributed by atoms with E-state index in [9.17, 15) is 18.0 Å². The molecule has 0 aromatic rings. The number of sulfonamides is 1. The standard InChI is InChI=1S/C12H20N2O5S/c1-8(12(16)17)20(18,19)13-10-4-6-14(7-5-10)11(15)9-2-3-9/h8-10,13H,2-7H2,1H3,(H,16,17). The third kappa shape index (κ3) is 3.49. The number of hydrogen-bond donors (Lipinski definition) is 2. The molecule has 1 aliphatic heterocycles. The van der Waals surface area contributed by atoms with E-state index in [1.807, 2.05) is 0 Å². The van der Waals surface area contributed by atoms with Crippen LogP contribution in [0.3, 0.4) is 0 Å². The summed E-state index contributed by atoms with van der Waals surface area (Å²) in [5.74, 6) is -1.01. The molecule has 1 aliphatic carbocycles. The topological polar surface area (TPSA) is 104 Å². The number of amides is 1. The van der Waals surface area contributed by atoms with E-state index < -0.39 is 21.2 Å². The van der Waals surface area contributed by atoms with E-state index in [1.165, 1.54) is 0 Å². The second kappa shape index (κ2) is 5.69. The van der Waals surface area contributed by atoms with Crippen molar-refractivity contribution in [2.24, 2.45) is 5.92 Å². The Balaban J connectivity index is 1.85. The Labute approximate surface area is 118 Å². The van der Waals surface area contributed by atoms with Gasteiger partial charge < -0.3 is 10.0 Å². The largest absolute Gasteiger partial charge is 0.480 e. The molecule has 0 bridgehead atoms. The Morgan fingerprint density at radius 1 is 1.20 bits per heavy atom. The Morgan fingerprint density at radius 3 is 2.20 bits per heavy atom. The predicted molar refractivity (Wildman–Crippen MR) is 71.5 cm³/mol. The van der Waals surface area contributed by atoms with E-state index in [0.717, 1.165) is 19.8 Å². The Morgan fingerprint density at radius 2 is 1.75 bits per heavy atom. The van der Waals surface area contributed by atoms with Crippen LogP contribution >= 0.6 is 0 Å². The first-order valence-electron chi connectivity index (χ1n) is 6.84. The number of aliphatic carboxylic acids is 1. The lowest BCUT2D eigenvalue weighted by atomic mass is 10.1. The Bertz CT molecular complexity index is 492. The van der Waals surface area contributed by atoms with Crippen molar-refractivity contribution in [3.8, 4) is 0 Å². The quantitative estimate of drug-likeness (QED) is 0.731. The van der Waals surface area contributed by atoms with Crippen molar-refractivity contribution >= 4 is 21.9 Å². The average Bonchev–Trinajstić information content (AvgIpc) is 3.21. The summed E-state index contributed by atoms with van der Waals surface area (Å²) in [6, 6.07) is -0.287. The number of carboxylic acids is 1. The monoisotopic (exact) mass is 304 g/mol. The van der Waals surface area contributed by atoms with Crippen LogP contribution in [0.2, 0.25) is 0 Å². The number of nitrogens with zero attached hydrogens (tertiary/aromatic N) is 1. The van der Waals surface area contributed by atoms with E-state index in [2.05, 4.69) is 4.72 Å². The van der Waals surface area contributed by atoms with Gasteiger partial charge in [0.1, 0.15) is 0 Å². The molecule has 1 saturated carbocycles. The van der Waals surface area contributed by atoms with Crippen LogP contribution in [0.5, 0.6) is 0 Å². The van der Waals surface area contributed by atoms with E-state index in [1.54, 1.807) is 4.90 Å².